The Hall–Kier alpha value is -1.39. The van der Waals surface area contributed by atoms with Crippen LogP contribution in [0.4, 0.5) is 4.39 Å². The monoisotopic (exact) mass is 324 g/mol. The molecular formula is C15H14BrFO2. The Morgan fingerprint density at radius 3 is 2.42 bits per heavy atom. The van der Waals surface area contributed by atoms with Crippen molar-refractivity contribution in [3.05, 3.63) is 57.8 Å². The molecule has 2 aromatic rings. The Morgan fingerprint density at radius 1 is 1.16 bits per heavy atom. The van der Waals surface area contributed by atoms with Crippen LogP contribution in [0.3, 0.4) is 0 Å². The van der Waals surface area contributed by atoms with Gasteiger partial charge >= 0.3 is 0 Å². The van der Waals surface area contributed by atoms with Gasteiger partial charge in [0.05, 0.1) is 10.6 Å². The predicted octanol–water partition coefficient (Wildman–Crippen LogP) is 4.74. The maximum absolute atomic E-state index is 13.9. The lowest BCUT2D eigenvalue weighted by Gasteiger charge is -2.11. The lowest BCUT2D eigenvalue weighted by atomic mass is 10.1. The highest BCUT2D eigenvalue weighted by Crippen LogP contribution is 2.32. The van der Waals surface area contributed by atoms with E-state index in [2.05, 4.69) is 15.9 Å². The van der Waals surface area contributed by atoms with Crippen LogP contribution in [-0.2, 0) is 0 Å². The van der Waals surface area contributed by atoms with Crippen LogP contribution in [-0.4, -0.2) is 5.11 Å². The second kappa shape index (κ2) is 5.72. The van der Waals surface area contributed by atoms with Crippen molar-refractivity contribution in [1.29, 1.82) is 0 Å². The van der Waals surface area contributed by atoms with Gasteiger partial charge in [0.25, 0.3) is 0 Å². The molecule has 0 bridgehead atoms. The Labute approximate surface area is 120 Å². The quantitative estimate of drug-likeness (QED) is 0.883. The molecule has 19 heavy (non-hydrogen) atoms. The summed E-state index contributed by atoms with van der Waals surface area (Å²) in [6.07, 6.45) is -0.699. The third kappa shape index (κ3) is 3.33. The van der Waals surface area contributed by atoms with Gasteiger partial charge in [-0.05, 0) is 65.2 Å². The maximum atomic E-state index is 13.9. The smallest absolute Gasteiger partial charge is 0.166 e. The molecule has 4 heteroatoms. The summed E-state index contributed by atoms with van der Waals surface area (Å²) in [5, 5.41) is 9.39. The Kier molecular flexibility index (Phi) is 4.22. The highest BCUT2D eigenvalue weighted by atomic mass is 79.9. The van der Waals surface area contributed by atoms with Crippen molar-refractivity contribution >= 4 is 15.9 Å². The number of aliphatic hydroxyl groups is 1. The Morgan fingerprint density at radius 2 is 1.84 bits per heavy atom. The molecule has 0 saturated carbocycles. The third-order valence-corrected chi connectivity index (χ3v) is 3.37. The second-order valence-electron chi connectivity index (χ2n) is 4.40. The van der Waals surface area contributed by atoms with Gasteiger partial charge in [-0.15, -0.1) is 0 Å². The molecular weight excluding hydrogens is 311 g/mol. The molecule has 0 saturated heterocycles. The summed E-state index contributed by atoms with van der Waals surface area (Å²) in [4.78, 5) is 0. The summed E-state index contributed by atoms with van der Waals surface area (Å²) in [5.41, 5.74) is 1.61. The summed E-state index contributed by atoms with van der Waals surface area (Å²) in [6, 6.07) is 10.0. The number of hydrogen-bond acceptors (Lipinski definition) is 2. The molecule has 100 valence electrons. The zero-order valence-corrected chi connectivity index (χ0v) is 12.2. The van der Waals surface area contributed by atoms with Gasteiger partial charge in [-0.25, -0.2) is 4.39 Å². The van der Waals surface area contributed by atoms with Crippen molar-refractivity contribution in [3.63, 3.8) is 0 Å². The van der Waals surface area contributed by atoms with Crippen molar-refractivity contribution in [2.45, 2.75) is 20.0 Å². The topological polar surface area (TPSA) is 29.5 Å². The normalized spacial score (nSPS) is 12.3. The average Bonchev–Trinajstić information content (AvgIpc) is 2.34. The average molecular weight is 325 g/mol. The number of aliphatic hydroxyl groups excluding tert-OH is 1. The molecule has 0 heterocycles. The maximum Gasteiger partial charge on any atom is 0.166 e. The number of aryl methyl sites for hydroxylation is 1. The summed E-state index contributed by atoms with van der Waals surface area (Å²) in [5.74, 6) is 0.189. The molecule has 1 atom stereocenters. The SMILES string of the molecule is Cc1ccc(Oc2ccc([C@@H](C)O)cc2F)c(Br)c1. The van der Waals surface area contributed by atoms with Gasteiger partial charge in [-0.2, -0.15) is 0 Å². The van der Waals surface area contributed by atoms with Crippen LogP contribution in [0.5, 0.6) is 11.5 Å². The van der Waals surface area contributed by atoms with Crippen LogP contribution in [0.15, 0.2) is 40.9 Å². The van der Waals surface area contributed by atoms with Crippen LogP contribution < -0.4 is 4.74 Å². The van der Waals surface area contributed by atoms with E-state index in [1.165, 1.54) is 12.1 Å². The molecule has 1 N–H and O–H groups in total. The van der Waals surface area contributed by atoms with Crippen LogP contribution in [0.25, 0.3) is 0 Å². The fourth-order valence-corrected chi connectivity index (χ4v) is 2.24. The van der Waals surface area contributed by atoms with E-state index in [-0.39, 0.29) is 5.75 Å². The van der Waals surface area contributed by atoms with E-state index in [1.54, 1.807) is 19.1 Å². The number of halogens is 2. The Bertz CT molecular complexity index is 597. The van der Waals surface area contributed by atoms with Crippen molar-refractivity contribution < 1.29 is 14.2 Å². The van der Waals surface area contributed by atoms with Gasteiger partial charge in [0, 0.05) is 0 Å². The van der Waals surface area contributed by atoms with E-state index in [9.17, 15) is 9.50 Å². The van der Waals surface area contributed by atoms with Gasteiger partial charge in [0.2, 0.25) is 0 Å². The molecule has 2 rings (SSSR count). The summed E-state index contributed by atoms with van der Waals surface area (Å²) >= 11 is 3.38. The first kappa shape index (κ1) is 14.0. The number of rotatable bonds is 3. The van der Waals surface area contributed by atoms with Gasteiger partial charge in [-0.1, -0.05) is 12.1 Å². The van der Waals surface area contributed by atoms with E-state index in [0.29, 0.717) is 11.3 Å². The predicted molar refractivity (Wildman–Crippen MR) is 76.0 cm³/mol. The standard InChI is InChI=1S/C15H14BrFO2/c1-9-3-5-14(12(16)7-9)19-15-6-4-11(10(2)18)8-13(15)17/h3-8,10,18H,1-2H3/t10-/m1/s1. The summed E-state index contributed by atoms with van der Waals surface area (Å²) in [7, 11) is 0. The van der Waals surface area contributed by atoms with Crippen LogP contribution >= 0.6 is 15.9 Å². The minimum atomic E-state index is -0.699. The number of ether oxygens (including phenoxy) is 1. The third-order valence-electron chi connectivity index (χ3n) is 2.75. The molecule has 2 nitrogen and oxygen atoms in total. The number of benzene rings is 2. The minimum absolute atomic E-state index is 0.133. The van der Waals surface area contributed by atoms with E-state index >= 15 is 0 Å². The zero-order chi connectivity index (χ0) is 14.0. The lowest BCUT2D eigenvalue weighted by molar-refractivity contribution is 0.198. The first-order valence-electron chi connectivity index (χ1n) is 5.89. The first-order chi connectivity index (χ1) is 8.97. The van der Waals surface area contributed by atoms with Crippen LogP contribution in [0.1, 0.15) is 24.2 Å². The summed E-state index contributed by atoms with van der Waals surface area (Å²) in [6.45, 7) is 3.55. The molecule has 0 aliphatic heterocycles. The molecule has 0 radical (unpaired) electrons. The molecule has 0 unspecified atom stereocenters. The van der Waals surface area contributed by atoms with Crippen LogP contribution in [0, 0.1) is 12.7 Å². The minimum Gasteiger partial charge on any atom is -0.453 e. The fraction of sp³-hybridized carbons (Fsp3) is 0.200. The van der Waals surface area contributed by atoms with Crippen LogP contribution in [0.2, 0.25) is 0 Å². The van der Waals surface area contributed by atoms with Gasteiger partial charge in [-0.3, -0.25) is 0 Å². The molecule has 0 amide bonds. The van der Waals surface area contributed by atoms with Gasteiger partial charge in [0.15, 0.2) is 11.6 Å². The number of hydrogen-bond donors (Lipinski definition) is 1. The first-order valence-corrected chi connectivity index (χ1v) is 6.68. The van der Waals surface area contributed by atoms with Gasteiger partial charge < -0.3 is 9.84 Å². The molecule has 2 aromatic carbocycles. The lowest BCUT2D eigenvalue weighted by Crippen LogP contribution is -1.95. The molecule has 0 fully saturated rings. The van der Waals surface area contributed by atoms with Gasteiger partial charge in [0.1, 0.15) is 5.75 Å². The Balaban J connectivity index is 2.28. The second-order valence-corrected chi connectivity index (χ2v) is 5.26. The van der Waals surface area contributed by atoms with E-state index in [4.69, 9.17) is 4.74 Å². The largest absolute Gasteiger partial charge is 0.453 e. The molecule has 0 aliphatic carbocycles. The van der Waals surface area contributed by atoms with Crippen molar-refractivity contribution in [2.24, 2.45) is 0 Å². The molecule has 0 aromatic heterocycles. The van der Waals surface area contributed by atoms with E-state index in [1.807, 2.05) is 19.1 Å². The summed E-state index contributed by atoms with van der Waals surface area (Å²) < 4.78 is 20.2. The van der Waals surface area contributed by atoms with E-state index in [0.717, 1.165) is 10.0 Å². The van der Waals surface area contributed by atoms with Crippen molar-refractivity contribution in [1.82, 2.24) is 0 Å². The van der Waals surface area contributed by atoms with Crippen molar-refractivity contribution in [3.8, 4) is 11.5 Å². The highest BCUT2D eigenvalue weighted by Gasteiger charge is 2.10. The zero-order valence-electron chi connectivity index (χ0n) is 10.7. The van der Waals surface area contributed by atoms with Crippen molar-refractivity contribution in [2.75, 3.05) is 0 Å². The molecule has 0 spiro atoms. The molecule has 0 aliphatic rings. The fourth-order valence-electron chi connectivity index (χ4n) is 1.67. The van der Waals surface area contributed by atoms with E-state index < -0.39 is 11.9 Å². The highest BCUT2D eigenvalue weighted by molar-refractivity contribution is 9.10.